The summed E-state index contributed by atoms with van der Waals surface area (Å²) in [6.45, 7) is 3.21. The van der Waals surface area contributed by atoms with Crippen molar-refractivity contribution in [1.82, 2.24) is 9.88 Å². The average molecular weight is 264 g/mol. The number of fused-ring (bicyclic) bond motifs is 1. The molecule has 0 saturated heterocycles. The fourth-order valence-corrected chi connectivity index (χ4v) is 2.61. The Morgan fingerprint density at radius 3 is 3.11 bits per heavy atom. The standard InChI is InChI=1S/C15H24N2O2/c1-2-3-8-16-15(19)11-17-9-12-6-4-5-7-14(18)13(12)10-17/h9-10,14,18H,2-8,11H2,1H3,(H,16,19). The van der Waals surface area contributed by atoms with E-state index in [1.807, 2.05) is 17.0 Å². The van der Waals surface area contributed by atoms with E-state index in [0.29, 0.717) is 6.54 Å². The highest BCUT2D eigenvalue weighted by Gasteiger charge is 2.18. The molecule has 1 aromatic rings. The number of carbonyl (C=O) groups is 1. The summed E-state index contributed by atoms with van der Waals surface area (Å²) in [5.41, 5.74) is 2.21. The van der Waals surface area contributed by atoms with Gasteiger partial charge in [-0.05, 0) is 31.2 Å². The zero-order chi connectivity index (χ0) is 13.7. The molecule has 1 aromatic heterocycles. The molecule has 1 heterocycles. The SMILES string of the molecule is CCCCNC(=O)Cn1cc2c(c1)C(O)CCCC2. The Hall–Kier alpha value is -1.29. The maximum Gasteiger partial charge on any atom is 0.239 e. The molecule has 2 N–H and O–H groups in total. The smallest absolute Gasteiger partial charge is 0.239 e. The largest absolute Gasteiger partial charge is 0.388 e. The Bertz CT molecular complexity index is 426. The molecule has 0 saturated carbocycles. The minimum atomic E-state index is -0.359. The molecule has 0 radical (unpaired) electrons. The third kappa shape index (κ3) is 3.83. The summed E-state index contributed by atoms with van der Waals surface area (Å²) >= 11 is 0. The molecule has 0 aliphatic heterocycles. The first-order valence-corrected chi connectivity index (χ1v) is 7.34. The van der Waals surface area contributed by atoms with Crippen LogP contribution in [0.1, 0.15) is 56.3 Å². The molecule has 2 rings (SSSR count). The van der Waals surface area contributed by atoms with Crippen molar-refractivity contribution in [2.75, 3.05) is 6.54 Å². The fraction of sp³-hybridized carbons (Fsp3) is 0.667. The highest BCUT2D eigenvalue weighted by atomic mass is 16.3. The van der Waals surface area contributed by atoms with Crippen molar-refractivity contribution in [3.05, 3.63) is 23.5 Å². The molecule has 106 valence electrons. The van der Waals surface area contributed by atoms with Gasteiger partial charge < -0.3 is 15.0 Å². The van der Waals surface area contributed by atoms with Gasteiger partial charge in [-0.1, -0.05) is 19.8 Å². The van der Waals surface area contributed by atoms with E-state index in [2.05, 4.69) is 12.2 Å². The lowest BCUT2D eigenvalue weighted by atomic mass is 10.1. The molecular formula is C15H24N2O2. The van der Waals surface area contributed by atoms with Crippen molar-refractivity contribution in [1.29, 1.82) is 0 Å². The molecule has 0 spiro atoms. The number of carbonyl (C=O) groups excluding carboxylic acids is 1. The predicted molar refractivity (Wildman–Crippen MR) is 74.9 cm³/mol. The number of aliphatic hydroxyl groups is 1. The van der Waals surface area contributed by atoms with Gasteiger partial charge in [-0.3, -0.25) is 4.79 Å². The van der Waals surface area contributed by atoms with Gasteiger partial charge in [-0.2, -0.15) is 0 Å². The van der Waals surface area contributed by atoms with Gasteiger partial charge in [0, 0.05) is 24.5 Å². The number of nitrogens with zero attached hydrogens (tertiary/aromatic N) is 1. The summed E-state index contributed by atoms with van der Waals surface area (Å²) in [6.07, 6.45) is 9.74. The number of rotatable bonds is 5. The van der Waals surface area contributed by atoms with E-state index in [4.69, 9.17) is 0 Å². The van der Waals surface area contributed by atoms with Crippen molar-refractivity contribution >= 4 is 5.91 Å². The van der Waals surface area contributed by atoms with E-state index in [-0.39, 0.29) is 12.0 Å². The molecule has 1 unspecified atom stereocenters. The number of nitrogens with one attached hydrogen (secondary N) is 1. The molecule has 4 heteroatoms. The number of aryl methyl sites for hydroxylation is 1. The molecular weight excluding hydrogens is 240 g/mol. The lowest BCUT2D eigenvalue weighted by molar-refractivity contribution is -0.121. The van der Waals surface area contributed by atoms with Gasteiger partial charge in [0.15, 0.2) is 0 Å². The van der Waals surface area contributed by atoms with Crippen LogP contribution in [-0.2, 0) is 17.8 Å². The summed E-state index contributed by atoms with van der Waals surface area (Å²) in [7, 11) is 0. The normalized spacial score (nSPS) is 18.7. The average Bonchev–Trinajstić information content (AvgIpc) is 2.70. The zero-order valence-corrected chi connectivity index (χ0v) is 11.7. The minimum Gasteiger partial charge on any atom is -0.388 e. The van der Waals surface area contributed by atoms with Crippen molar-refractivity contribution in [3.8, 4) is 0 Å². The van der Waals surface area contributed by atoms with Crippen molar-refractivity contribution < 1.29 is 9.90 Å². The van der Waals surface area contributed by atoms with Crippen LogP contribution >= 0.6 is 0 Å². The first kappa shape index (κ1) is 14.1. The molecule has 1 aliphatic rings. The van der Waals surface area contributed by atoms with Crippen molar-refractivity contribution in [2.45, 2.75) is 58.1 Å². The quantitative estimate of drug-likeness (QED) is 0.632. The van der Waals surface area contributed by atoms with Crippen LogP contribution in [-0.4, -0.2) is 22.1 Å². The Kier molecular flexibility index (Phi) is 5.02. The molecule has 0 aromatic carbocycles. The number of hydrogen-bond acceptors (Lipinski definition) is 2. The Labute approximate surface area is 114 Å². The molecule has 1 amide bonds. The van der Waals surface area contributed by atoms with Gasteiger partial charge in [0.2, 0.25) is 5.91 Å². The third-order valence-electron chi connectivity index (χ3n) is 3.71. The fourth-order valence-electron chi connectivity index (χ4n) is 2.61. The highest BCUT2D eigenvalue weighted by molar-refractivity contribution is 5.75. The van der Waals surface area contributed by atoms with E-state index in [0.717, 1.165) is 50.6 Å². The lowest BCUT2D eigenvalue weighted by Crippen LogP contribution is -2.27. The lowest BCUT2D eigenvalue weighted by Gasteiger charge is -2.07. The molecule has 1 aliphatic carbocycles. The Balaban J connectivity index is 1.95. The summed E-state index contributed by atoms with van der Waals surface area (Å²) in [4.78, 5) is 11.8. The van der Waals surface area contributed by atoms with Crippen LogP contribution in [0.15, 0.2) is 12.4 Å². The van der Waals surface area contributed by atoms with E-state index >= 15 is 0 Å². The summed E-state index contributed by atoms with van der Waals surface area (Å²) in [6, 6.07) is 0. The van der Waals surface area contributed by atoms with Crippen molar-refractivity contribution in [2.24, 2.45) is 0 Å². The van der Waals surface area contributed by atoms with E-state index in [9.17, 15) is 9.90 Å². The van der Waals surface area contributed by atoms with Gasteiger partial charge in [0.25, 0.3) is 0 Å². The van der Waals surface area contributed by atoms with Gasteiger partial charge in [0.05, 0.1) is 6.10 Å². The van der Waals surface area contributed by atoms with Crippen LogP contribution in [0.5, 0.6) is 0 Å². The maximum atomic E-state index is 11.8. The van der Waals surface area contributed by atoms with Crippen LogP contribution < -0.4 is 5.32 Å². The van der Waals surface area contributed by atoms with E-state index < -0.39 is 0 Å². The number of hydrogen-bond donors (Lipinski definition) is 2. The number of aliphatic hydroxyl groups excluding tert-OH is 1. The highest BCUT2D eigenvalue weighted by Crippen LogP contribution is 2.29. The molecule has 1 atom stereocenters. The van der Waals surface area contributed by atoms with Crippen LogP contribution in [0.3, 0.4) is 0 Å². The number of aromatic nitrogens is 1. The third-order valence-corrected chi connectivity index (χ3v) is 3.71. The zero-order valence-electron chi connectivity index (χ0n) is 11.7. The van der Waals surface area contributed by atoms with Crippen LogP contribution in [0.25, 0.3) is 0 Å². The van der Waals surface area contributed by atoms with E-state index in [1.165, 1.54) is 5.56 Å². The Morgan fingerprint density at radius 1 is 1.47 bits per heavy atom. The molecule has 4 nitrogen and oxygen atoms in total. The van der Waals surface area contributed by atoms with Crippen molar-refractivity contribution in [3.63, 3.8) is 0 Å². The monoisotopic (exact) mass is 264 g/mol. The van der Waals surface area contributed by atoms with Gasteiger partial charge in [-0.25, -0.2) is 0 Å². The topological polar surface area (TPSA) is 54.3 Å². The summed E-state index contributed by atoms with van der Waals surface area (Å²) in [5, 5.41) is 13.0. The number of amides is 1. The first-order valence-electron chi connectivity index (χ1n) is 7.34. The van der Waals surface area contributed by atoms with E-state index in [1.54, 1.807) is 0 Å². The van der Waals surface area contributed by atoms with Crippen LogP contribution in [0, 0.1) is 0 Å². The van der Waals surface area contributed by atoms with Crippen LogP contribution in [0.4, 0.5) is 0 Å². The number of unbranched alkanes of at least 4 members (excludes halogenated alkanes) is 1. The Morgan fingerprint density at radius 2 is 2.32 bits per heavy atom. The van der Waals surface area contributed by atoms with Gasteiger partial charge >= 0.3 is 0 Å². The second-order valence-corrected chi connectivity index (χ2v) is 5.38. The second kappa shape index (κ2) is 6.75. The summed E-state index contributed by atoms with van der Waals surface area (Å²) in [5.74, 6) is 0.0492. The first-order chi connectivity index (χ1) is 9.20. The van der Waals surface area contributed by atoms with Gasteiger partial charge in [0.1, 0.15) is 6.54 Å². The second-order valence-electron chi connectivity index (χ2n) is 5.38. The minimum absolute atomic E-state index is 0.0492. The van der Waals surface area contributed by atoms with Gasteiger partial charge in [-0.15, -0.1) is 0 Å². The maximum absolute atomic E-state index is 11.8. The molecule has 0 fully saturated rings. The predicted octanol–water partition coefficient (Wildman–Crippen LogP) is 2.16. The molecule has 19 heavy (non-hydrogen) atoms. The molecule has 0 bridgehead atoms. The summed E-state index contributed by atoms with van der Waals surface area (Å²) < 4.78 is 1.90. The van der Waals surface area contributed by atoms with Crippen LogP contribution in [0.2, 0.25) is 0 Å².